The van der Waals surface area contributed by atoms with Crippen molar-refractivity contribution in [1.29, 1.82) is 0 Å². The van der Waals surface area contributed by atoms with E-state index in [1.54, 1.807) is 24.3 Å². The van der Waals surface area contributed by atoms with Crippen molar-refractivity contribution in [3.8, 4) is 0 Å². The van der Waals surface area contributed by atoms with Gasteiger partial charge in [0, 0.05) is 17.7 Å². The molecule has 3 rings (SSSR count). The van der Waals surface area contributed by atoms with Crippen molar-refractivity contribution in [3.05, 3.63) is 81.5 Å². The number of hydrogen-bond acceptors (Lipinski definition) is 5. The molecule has 0 N–H and O–H groups in total. The molecule has 0 saturated heterocycles. The van der Waals surface area contributed by atoms with E-state index in [1.807, 2.05) is 18.2 Å². The lowest BCUT2D eigenvalue weighted by atomic mass is 10.1. The van der Waals surface area contributed by atoms with E-state index in [0.717, 1.165) is 0 Å². The molecule has 2 aromatic rings. The van der Waals surface area contributed by atoms with Gasteiger partial charge >= 0.3 is 5.97 Å². The third kappa shape index (κ3) is 2.76. The number of carbonyl (C=O) groups excluding carboxylic acids is 1. The molecule has 0 bridgehead atoms. The molecule has 0 fully saturated rings. The van der Waals surface area contributed by atoms with Crippen LogP contribution in [0, 0.1) is 10.1 Å². The molecule has 0 unspecified atom stereocenters. The summed E-state index contributed by atoms with van der Waals surface area (Å²) in [7, 11) is 0. The number of cyclic esters (lactones) is 1. The van der Waals surface area contributed by atoms with Gasteiger partial charge in [0.25, 0.3) is 5.69 Å². The number of rotatable bonds is 3. The highest BCUT2D eigenvalue weighted by Crippen LogP contribution is 2.21. The van der Waals surface area contributed by atoms with Crippen molar-refractivity contribution in [3.63, 3.8) is 0 Å². The van der Waals surface area contributed by atoms with E-state index in [0.29, 0.717) is 11.1 Å². The van der Waals surface area contributed by atoms with Gasteiger partial charge in [0.15, 0.2) is 5.70 Å². The fraction of sp³-hybridized carbons (Fsp3) is 0. The number of carbonyl (C=O) groups is 1. The lowest BCUT2D eigenvalue weighted by molar-refractivity contribution is -0.384. The van der Waals surface area contributed by atoms with Crippen LogP contribution in [0.15, 0.2) is 65.3 Å². The van der Waals surface area contributed by atoms with Gasteiger partial charge in [-0.1, -0.05) is 30.3 Å². The Hall–Kier alpha value is -3.28. The van der Waals surface area contributed by atoms with E-state index in [1.165, 1.54) is 18.2 Å². The number of nitrogens with zero attached hydrogens (tertiary/aromatic N) is 2. The summed E-state index contributed by atoms with van der Waals surface area (Å²) in [6.07, 6.45) is 1.46. The highest BCUT2D eigenvalue weighted by atomic mass is 16.6. The van der Waals surface area contributed by atoms with Crippen LogP contribution in [-0.4, -0.2) is 16.8 Å². The molecule has 0 aromatic heterocycles. The monoisotopic (exact) mass is 294 g/mol. The molecule has 0 aliphatic carbocycles. The van der Waals surface area contributed by atoms with Crippen molar-refractivity contribution in [2.24, 2.45) is 4.99 Å². The fourth-order valence-electron chi connectivity index (χ4n) is 2.00. The zero-order valence-corrected chi connectivity index (χ0v) is 11.3. The van der Waals surface area contributed by atoms with Gasteiger partial charge < -0.3 is 4.74 Å². The maximum Gasteiger partial charge on any atom is 0.363 e. The summed E-state index contributed by atoms with van der Waals surface area (Å²) in [5.74, 6) is -0.354. The van der Waals surface area contributed by atoms with Crippen LogP contribution >= 0.6 is 0 Å². The minimum Gasteiger partial charge on any atom is -0.402 e. The lowest BCUT2D eigenvalue weighted by Crippen LogP contribution is -2.04. The number of non-ortho nitro benzene ring substituents is 1. The van der Waals surface area contributed by atoms with E-state index < -0.39 is 10.9 Å². The summed E-state index contributed by atoms with van der Waals surface area (Å²) >= 11 is 0. The van der Waals surface area contributed by atoms with Crippen LogP contribution in [0.4, 0.5) is 5.69 Å². The Kier molecular flexibility index (Phi) is 3.49. The van der Waals surface area contributed by atoms with E-state index in [2.05, 4.69) is 4.99 Å². The number of ether oxygens (including phenoxy) is 1. The Bertz CT molecular complexity index is 810. The molecule has 1 heterocycles. The Balaban J connectivity index is 1.94. The average Bonchev–Trinajstić information content (AvgIpc) is 2.89. The number of benzene rings is 2. The van der Waals surface area contributed by atoms with Gasteiger partial charge in [-0.3, -0.25) is 10.1 Å². The summed E-state index contributed by atoms with van der Waals surface area (Å²) in [5, 5.41) is 10.8. The molecule has 108 valence electrons. The molecule has 1 aliphatic rings. The highest BCUT2D eigenvalue weighted by Gasteiger charge is 2.24. The Labute approximate surface area is 125 Å². The largest absolute Gasteiger partial charge is 0.402 e. The fourth-order valence-corrected chi connectivity index (χ4v) is 2.00. The molecule has 0 atom stereocenters. The first-order chi connectivity index (χ1) is 10.6. The van der Waals surface area contributed by atoms with Crippen LogP contribution in [-0.2, 0) is 9.53 Å². The third-order valence-corrected chi connectivity index (χ3v) is 3.03. The van der Waals surface area contributed by atoms with Crippen LogP contribution in [0.25, 0.3) is 6.08 Å². The minimum atomic E-state index is -0.578. The number of hydrogen-bond donors (Lipinski definition) is 0. The molecule has 0 spiro atoms. The smallest absolute Gasteiger partial charge is 0.363 e. The van der Waals surface area contributed by atoms with Gasteiger partial charge in [-0.25, -0.2) is 9.79 Å². The second kappa shape index (κ2) is 5.61. The number of esters is 1. The predicted molar refractivity (Wildman–Crippen MR) is 80.1 cm³/mol. The van der Waals surface area contributed by atoms with Crippen molar-refractivity contribution < 1.29 is 14.5 Å². The molecular formula is C16H10N2O4. The Morgan fingerprint density at radius 3 is 2.59 bits per heavy atom. The summed E-state index contributed by atoms with van der Waals surface area (Å²) < 4.78 is 5.12. The first-order valence-electron chi connectivity index (χ1n) is 6.46. The zero-order valence-electron chi connectivity index (χ0n) is 11.3. The molecule has 0 saturated carbocycles. The Morgan fingerprint density at radius 1 is 1.09 bits per heavy atom. The summed E-state index contributed by atoms with van der Waals surface area (Å²) in [6, 6.07) is 15.0. The zero-order chi connectivity index (χ0) is 15.5. The number of nitro benzene ring substituents is 1. The molecule has 1 aliphatic heterocycles. The molecular weight excluding hydrogens is 284 g/mol. The van der Waals surface area contributed by atoms with Crippen LogP contribution in [0.1, 0.15) is 11.1 Å². The van der Waals surface area contributed by atoms with Gasteiger partial charge in [0.05, 0.1) is 4.92 Å². The van der Waals surface area contributed by atoms with Crippen LogP contribution in [0.3, 0.4) is 0 Å². The van der Waals surface area contributed by atoms with Crippen molar-refractivity contribution >= 4 is 23.6 Å². The second-order valence-corrected chi connectivity index (χ2v) is 4.55. The normalized spacial score (nSPS) is 15.5. The summed E-state index contributed by atoms with van der Waals surface area (Å²) in [6.45, 7) is 0. The number of aliphatic imine (C=N–C) groups is 1. The quantitative estimate of drug-likeness (QED) is 0.377. The van der Waals surface area contributed by atoms with E-state index in [9.17, 15) is 14.9 Å². The van der Waals surface area contributed by atoms with Gasteiger partial charge in [-0.2, -0.15) is 0 Å². The van der Waals surface area contributed by atoms with Gasteiger partial charge in [-0.05, 0) is 23.8 Å². The van der Waals surface area contributed by atoms with Gasteiger partial charge in [0.1, 0.15) is 0 Å². The molecule has 0 radical (unpaired) electrons. The van der Waals surface area contributed by atoms with Crippen LogP contribution in [0.5, 0.6) is 0 Å². The SMILES string of the molecule is O=C1OC(c2ccccc2)=NC1=Cc1cccc([N+](=O)[O-])c1. The van der Waals surface area contributed by atoms with Crippen molar-refractivity contribution in [2.75, 3.05) is 0 Å². The van der Waals surface area contributed by atoms with E-state index in [4.69, 9.17) is 4.74 Å². The minimum absolute atomic E-state index is 0.0482. The van der Waals surface area contributed by atoms with Crippen LogP contribution < -0.4 is 0 Å². The molecule has 2 aromatic carbocycles. The number of nitro groups is 1. The van der Waals surface area contributed by atoms with Crippen molar-refractivity contribution in [1.82, 2.24) is 0 Å². The Morgan fingerprint density at radius 2 is 1.86 bits per heavy atom. The third-order valence-electron chi connectivity index (χ3n) is 3.03. The topological polar surface area (TPSA) is 81.8 Å². The first-order valence-corrected chi connectivity index (χ1v) is 6.46. The highest BCUT2D eigenvalue weighted by molar-refractivity contribution is 6.12. The molecule has 0 amide bonds. The summed E-state index contributed by atoms with van der Waals surface area (Å²) in [5.41, 5.74) is 1.27. The first kappa shape index (κ1) is 13.7. The predicted octanol–water partition coefficient (Wildman–Crippen LogP) is 2.94. The molecule has 6 heteroatoms. The molecule has 22 heavy (non-hydrogen) atoms. The maximum absolute atomic E-state index is 11.8. The van der Waals surface area contributed by atoms with Gasteiger partial charge in [0.2, 0.25) is 5.90 Å². The lowest BCUT2D eigenvalue weighted by Gasteiger charge is -1.97. The van der Waals surface area contributed by atoms with E-state index in [-0.39, 0.29) is 17.3 Å². The van der Waals surface area contributed by atoms with Crippen molar-refractivity contribution in [2.45, 2.75) is 0 Å². The second-order valence-electron chi connectivity index (χ2n) is 4.55. The van der Waals surface area contributed by atoms with Crippen LogP contribution in [0.2, 0.25) is 0 Å². The summed E-state index contributed by atoms with van der Waals surface area (Å²) in [4.78, 5) is 26.3. The molecule has 6 nitrogen and oxygen atoms in total. The standard InChI is InChI=1S/C16H10N2O4/c19-16-14(10-11-5-4-8-13(9-11)18(20)21)17-15(22-16)12-6-2-1-3-7-12/h1-10H. The van der Waals surface area contributed by atoms with Gasteiger partial charge in [-0.15, -0.1) is 0 Å². The maximum atomic E-state index is 11.8. The average molecular weight is 294 g/mol. The van der Waals surface area contributed by atoms with E-state index >= 15 is 0 Å².